The predicted molar refractivity (Wildman–Crippen MR) is 140 cm³/mol. The molecule has 6 rings (SSSR count). The Kier molecular flexibility index (Phi) is 5.23. The van der Waals surface area contributed by atoms with Crippen molar-refractivity contribution in [2.45, 2.75) is 52.7 Å². The van der Waals surface area contributed by atoms with E-state index in [1.807, 2.05) is 59.2 Å². The maximum atomic E-state index is 12.8. The number of hydrogen-bond acceptors (Lipinski definition) is 5. The van der Waals surface area contributed by atoms with E-state index in [2.05, 4.69) is 40.9 Å². The molecule has 0 radical (unpaired) electrons. The first-order valence-corrected chi connectivity index (χ1v) is 12.6. The van der Waals surface area contributed by atoms with E-state index in [0.29, 0.717) is 29.2 Å². The van der Waals surface area contributed by atoms with E-state index in [1.165, 1.54) is 12.8 Å². The van der Waals surface area contributed by atoms with Crippen LogP contribution in [0.2, 0.25) is 0 Å². The first-order valence-electron chi connectivity index (χ1n) is 12.6. The minimum Gasteiger partial charge on any atom is -0.493 e. The van der Waals surface area contributed by atoms with Gasteiger partial charge in [0, 0.05) is 23.4 Å². The van der Waals surface area contributed by atoms with Gasteiger partial charge >= 0.3 is 5.91 Å². The fraction of sp³-hybridized carbons (Fsp3) is 0.379. The molecule has 2 aliphatic rings. The lowest BCUT2D eigenvalue weighted by Gasteiger charge is -2.40. The summed E-state index contributed by atoms with van der Waals surface area (Å²) in [5.41, 5.74) is 2.77. The Morgan fingerprint density at radius 3 is 2.69 bits per heavy atom. The summed E-state index contributed by atoms with van der Waals surface area (Å²) in [6, 6.07) is 19.4. The number of azo groups is 1. The van der Waals surface area contributed by atoms with Crippen molar-refractivity contribution in [3.8, 4) is 5.88 Å². The standard InChI is InChI=1S/C29H31N5O2/c1-28(2)14-20-15-29(3,16-28)17-33(20)18-34-24-11-7-5-9-21(24)25(27(34)36)31-32-26(35)23-13-12-19-8-4-6-10-22(19)30-23/h4-13,20,36H,14-18H2,1-3H3/t20-,29-/m0/s1. The van der Waals surface area contributed by atoms with Crippen LogP contribution in [0.15, 0.2) is 70.9 Å². The average Bonchev–Trinajstić information content (AvgIpc) is 3.25. The summed E-state index contributed by atoms with van der Waals surface area (Å²) in [6.07, 6.45) is 3.56. The van der Waals surface area contributed by atoms with E-state index in [4.69, 9.17) is 0 Å². The van der Waals surface area contributed by atoms with Gasteiger partial charge in [0.2, 0.25) is 5.88 Å². The van der Waals surface area contributed by atoms with Gasteiger partial charge in [0.25, 0.3) is 0 Å². The zero-order valence-electron chi connectivity index (χ0n) is 21.0. The SMILES string of the molecule is CC1(C)C[C@H]2C[C@](C)(CN2Cn2c(O)c(N=NC(=O)c3ccc4ccccc4n3)c3ccccc32)C1. The minimum atomic E-state index is -0.541. The van der Waals surface area contributed by atoms with Gasteiger partial charge in [-0.2, -0.15) is 0 Å². The number of nitrogens with zero attached hydrogens (tertiary/aromatic N) is 5. The van der Waals surface area contributed by atoms with Crippen molar-refractivity contribution >= 4 is 33.4 Å². The number of para-hydroxylation sites is 2. The summed E-state index contributed by atoms with van der Waals surface area (Å²) in [7, 11) is 0. The van der Waals surface area contributed by atoms with E-state index in [1.54, 1.807) is 6.07 Å². The minimum absolute atomic E-state index is 0.0325. The van der Waals surface area contributed by atoms with Gasteiger partial charge in [-0.1, -0.05) is 63.2 Å². The van der Waals surface area contributed by atoms with Crippen LogP contribution < -0.4 is 0 Å². The summed E-state index contributed by atoms with van der Waals surface area (Å²) in [6.45, 7) is 8.71. The van der Waals surface area contributed by atoms with E-state index < -0.39 is 5.91 Å². The zero-order valence-corrected chi connectivity index (χ0v) is 21.0. The third-order valence-electron chi connectivity index (χ3n) is 7.82. The van der Waals surface area contributed by atoms with E-state index in [-0.39, 0.29) is 11.6 Å². The van der Waals surface area contributed by atoms with Gasteiger partial charge < -0.3 is 5.11 Å². The number of carbonyl (C=O) groups is 1. The number of amides is 1. The van der Waals surface area contributed by atoms with E-state index >= 15 is 0 Å². The number of rotatable bonds is 4. The lowest BCUT2D eigenvalue weighted by Crippen LogP contribution is -2.35. The Bertz CT molecular complexity index is 1520. The molecule has 184 valence electrons. The average molecular weight is 482 g/mol. The number of aromatic hydroxyl groups is 1. The number of carbonyl (C=O) groups excluding carboxylic acids is 1. The van der Waals surface area contributed by atoms with Crippen LogP contribution in [-0.4, -0.2) is 38.1 Å². The molecule has 1 N–H and O–H groups in total. The summed E-state index contributed by atoms with van der Waals surface area (Å²) < 4.78 is 1.90. The lowest BCUT2D eigenvalue weighted by molar-refractivity contribution is 0.0990. The third-order valence-corrected chi connectivity index (χ3v) is 7.82. The molecular weight excluding hydrogens is 450 g/mol. The van der Waals surface area contributed by atoms with Crippen LogP contribution in [0.1, 0.15) is 50.5 Å². The normalized spacial score (nSPS) is 23.7. The molecule has 2 aromatic heterocycles. The molecule has 4 aromatic rings. The highest BCUT2D eigenvalue weighted by Gasteiger charge is 2.49. The molecule has 1 aliphatic carbocycles. The van der Waals surface area contributed by atoms with Crippen molar-refractivity contribution in [1.82, 2.24) is 14.5 Å². The molecule has 2 fully saturated rings. The van der Waals surface area contributed by atoms with Crippen molar-refractivity contribution in [1.29, 1.82) is 0 Å². The number of likely N-dealkylation sites (tertiary alicyclic amines) is 1. The summed E-state index contributed by atoms with van der Waals surface area (Å²) in [5.74, 6) is -0.509. The van der Waals surface area contributed by atoms with Crippen molar-refractivity contribution in [2.75, 3.05) is 6.54 Å². The van der Waals surface area contributed by atoms with Crippen LogP contribution in [0.5, 0.6) is 5.88 Å². The molecule has 1 aliphatic heterocycles. The van der Waals surface area contributed by atoms with Crippen LogP contribution in [-0.2, 0) is 6.67 Å². The Morgan fingerprint density at radius 2 is 1.83 bits per heavy atom. The number of fused-ring (bicyclic) bond motifs is 4. The summed E-state index contributed by atoms with van der Waals surface area (Å²) in [5, 5.41) is 21.2. The fourth-order valence-electron chi connectivity index (χ4n) is 6.77. The van der Waals surface area contributed by atoms with Gasteiger partial charge in [-0.3, -0.25) is 14.3 Å². The molecule has 36 heavy (non-hydrogen) atoms. The molecule has 0 spiro atoms. The second-order valence-corrected chi connectivity index (χ2v) is 11.6. The number of hydrogen-bond donors (Lipinski definition) is 1. The van der Waals surface area contributed by atoms with Crippen molar-refractivity contribution < 1.29 is 9.90 Å². The summed E-state index contributed by atoms with van der Waals surface area (Å²) in [4.78, 5) is 19.7. The van der Waals surface area contributed by atoms with Gasteiger partial charge in [0.1, 0.15) is 5.69 Å². The Balaban J connectivity index is 1.31. The van der Waals surface area contributed by atoms with Crippen LogP contribution in [0.4, 0.5) is 5.69 Å². The number of pyridine rings is 1. The van der Waals surface area contributed by atoms with Crippen molar-refractivity contribution in [3.05, 3.63) is 66.4 Å². The second kappa shape index (κ2) is 8.23. The molecule has 3 heterocycles. The zero-order chi connectivity index (χ0) is 25.1. The van der Waals surface area contributed by atoms with Crippen LogP contribution >= 0.6 is 0 Å². The quantitative estimate of drug-likeness (QED) is 0.330. The molecule has 1 saturated carbocycles. The number of benzene rings is 2. The van der Waals surface area contributed by atoms with Crippen molar-refractivity contribution in [2.24, 2.45) is 21.1 Å². The Labute approximate surface area is 210 Å². The second-order valence-electron chi connectivity index (χ2n) is 11.6. The monoisotopic (exact) mass is 481 g/mol. The summed E-state index contributed by atoms with van der Waals surface area (Å²) >= 11 is 0. The van der Waals surface area contributed by atoms with Gasteiger partial charge in [-0.15, -0.1) is 10.2 Å². The highest BCUT2D eigenvalue weighted by molar-refractivity contribution is 5.97. The van der Waals surface area contributed by atoms with Gasteiger partial charge in [-0.25, -0.2) is 4.98 Å². The predicted octanol–water partition coefficient (Wildman–Crippen LogP) is 6.68. The third kappa shape index (κ3) is 3.97. The molecule has 2 bridgehead atoms. The largest absolute Gasteiger partial charge is 0.493 e. The molecule has 1 amide bonds. The molecule has 7 heteroatoms. The lowest BCUT2D eigenvalue weighted by atomic mass is 9.65. The highest BCUT2D eigenvalue weighted by Crippen LogP contribution is 2.53. The molecule has 7 nitrogen and oxygen atoms in total. The maximum Gasteiger partial charge on any atom is 0.313 e. The van der Waals surface area contributed by atoms with Gasteiger partial charge in [-0.05, 0) is 48.3 Å². The first-order chi connectivity index (χ1) is 17.2. The Morgan fingerprint density at radius 1 is 1.06 bits per heavy atom. The smallest absolute Gasteiger partial charge is 0.313 e. The van der Waals surface area contributed by atoms with E-state index in [0.717, 1.165) is 34.8 Å². The van der Waals surface area contributed by atoms with Gasteiger partial charge in [0.15, 0.2) is 5.69 Å². The molecular formula is C29H31N5O2. The molecule has 0 unspecified atom stereocenters. The highest BCUT2D eigenvalue weighted by atomic mass is 16.3. The maximum absolute atomic E-state index is 12.8. The van der Waals surface area contributed by atoms with Crippen LogP contribution in [0.3, 0.4) is 0 Å². The number of aromatic nitrogens is 2. The first kappa shape index (κ1) is 22.9. The van der Waals surface area contributed by atoms with Gasteiger partial charge in [0.05, 0.1) is 17.7 Å². The molecule has 1 saturated heterocycles. The fourth-order valence-corrected chi connectivity index (χ4v) is 6.77. The van der Waals surface area contributed by atoms with E-state index in [9.17, 15) is 9.90 Å². The molecule has 2 atom stereocenters. The Hall–Kier alpha value is -3.58. The molecule has 2 aromatic carbocycles. The topological polar surface area (TPSA) is 83.1 Å². The van der Waals surface area contributed by atoms with Crippen molar-refractivity contribution in [3.63, 3.8) is 0 Å². The van der Waals surface area contributed by atoms with Crippen LogP contribution in [0.25, 0.3) is 21.8 Å². The van der Waals surface area contributed by atoms with Crippen LogP contribution in [0, 0.1) is 10.8 Å².